The van der Waals surface area contributed by atoms with E-state index >= 15 is 0 Å². The maximum atomic E-state index is 10.3. The van der Waals surface area contributed by atoms with Crippen molar-refractivity contribution in [2.75, 3.05) is 0 Å². The van der Waals surface area contributed by atoms with Crippen molar-refractivity contribution < 1.29 is 4.74 Å². The van der Waals surface area contributed by atoms with Crippen molar-refractivity contribution in [3.63, 3.8) is 0 Å². The van der Waals surface area contributed by atoms with Gasteiger partial charge in [0.15, 0.2) is 11.3 Å². The molecule has 2 aliphatic carbocycles. The molecule has 1 aliphatic heterocycles. The van der Waals surface area contributed by atoms with Gasteiger partial charge in [0, 0.05) is 38.5 Å². The fraction of sp³-hybridized carbons (Fsp3) is 0.132. The Balaban J connectivity index is 1.28. The van der Waals surface area contributed by atoms with Crippen LogP contribution in [-0.2, 0) is 16.4 Å². The van der Waals surface area contributed by atoms with Crippen molar-refractivity contribution >= 4 is 27.2 Å². The van der Waals surface area contributed by atoms with E-state index in [0.29, 0.717) is 11.3 Å². The van der Waals surface area contributed by atoms with Crippen molar-refractivity contribution in [1.29, 1.82) is 5.26 Å². The summed E-state index contributed by atoms with van der Waals surface area (Å²) in [5.74, 6) is 0.830. The van der Waals surface area contributed by atoms with Gasteiger partial charge in [-0.3, -0.25) is 0 Å². The Bertz CT molecular complexity index is 3080. The molecule has 0 saturated heterocycles. The Morgan fingerprint density at radius 1 is 0.500 bits per heavy atom. The average molecular weight is 717 g/mol. The average Bonchev–Trinajstić information content (AvgIpc) is 3.60. The zero-order chi connectivity index (χ0) is 38.1. The molecule has 56 heavy (non-hydrogen) atoms. The number of nitrogens with zero attached hydrogens (tertiary/aromatic N) is 2. The minimum absolute atomic E-state index is 0.352. The third kappa shape index (κ3) is 4.00. The first-order valence-electron chi connectivity index (χ1n) is 19.3. The Labute approximate surface area is 326 Å². The fourth-order valence-electron chi connectivity index (χ4n) is 10.4. The lowest BCUT2D eigenvalue weighted by Gasteiger charge is -2.42. The quantitative estimate of drug-likeness (QED) is 0.167. The Morgan fingerprint density at radius 3 is 1.57 bits per heavy atom. The summed E-state index contributed by atoms with van der Waals surface area (Å²) in [7, 11) is 0. The van der Waals surface area contributed by atoms with Gasteiger partial charge in [-0.1, -0.05) is 143 Å². The molecule has 0 saturated carbocycles. The second-order valence-corrected chi connectivity index (χ2v) is 16.6. The van der Waals surface area contributed by atoms with Crippen LogP contribution >= 0.6 is 0 Å². The van der Waals surface area contributed by atoms with E-state index in [1.54, 1.807) is 0 Å². The lowest BCUT2D eigenvalue weighted by molar-refractivity contribution is 0.152. The second-order valence-electron chi connectivity index (χ2n) is 16.6. The van der Waals surface area contributed by atoms with E-state index in [1.807, 2.05) is 12.1 Å². The molecule has 3 heteroatoms. The summed E-state index contributed by atoms with van der Waals surface area (Å²) in [5.41, 5.74) is 14.6. The van der Waals surface area contributed by atoms with Gasteiger partial charge in [0.2, 0.25) is 0 Å². The number of ether oxygens (including phenoxy) is 1. The van der Waals surface area contributed by atoms with Gasteiger partial charge in [0.25, 0.3) is 0 Å². The third-order valence-electron chi connectivity index (χ3n) is 13.1. The molecule has 0 atom stereocenters. The predicted molar refractivity (Wildman–Crippen MR) is 226 cm³/mol. The van der Waals surface area contributed by atoms with Crippen molar-refractivity contribution in [3.05, 3.63) is 202 Å². The monoisotopic (exact) mass is 716 g/mol. The summed E-state index contributed by atoms with van der Waals surface area (Å²) in [6, 6.07) is 54.2. The van der Waals surface area contributed by atoms with E-state index in [0.717, 1.165) is 60.7 Å². The molecule has 8 aromatic carbocycles. The molecular weight excluding hydrogens is 681 g/mol. The molecule has 8 aromatic rings. The van der Waals surface area contributed by atoms with Gasteiger partial charge in [0.05, 0.1) is 18.2 Å². The van der Waals surface area contributed by atoms with Gasteiger partial charge < -0.3 is 4.74 Å². The first kappa shape index (κ1) is 32.5. The van der Waals surface area contributed by atoms with Gasteiger partial charge in [0.1, 0.15) is 5.75 Å². The summed E-state index contributed by atoms with van der Waals surface area (Å²) in [4.78, 5) is 4.00. The van der Waals surface area contributed by atoms with Crippen LogP contribution in [0, 0.1) is 17.9 Å². The van der Waals surface area contributed by atoms with E-state index in [4.69, 9.17) is 11.3 Å². The van der Waals surface area contributed by atoms with Crippen LogP contribution in [0.4, 0.5) is 5.69 Å². The highest BCUT2D eigenvalue weighted by Gasteiger charge is 2.49. The number of rotatable bonds is 2. The largest absolute Gasteiger partial charge is 0.472 e. The maximum Gasteiger partial charge on any atom is 0.195 e. The summed E-state index contributed by atoms with van der Waals surface area (Å²) in [6.45, 7) is 17.3. The maximum absolute atomic E-state index is 10.3. The molecule has 0 spiro atoms. The minimum Gasteiger partial charge on any atom is -0.472 e. The number of benzene rings is 8. The van der Waals surface area contributed by atoms with Crippen molar-refractivity contribution in [2.45, 2.75) is 44.1 Å². The number of hydrogen-bond acceptors (Lipinski definition) is 2. The van der Waals surface area contributed by atoms with Crippen LogP contribution in [-0.4, -0.2) is 0 Å². The lowest BCUT2D eigenvalue weighted by atomic mass is 9.72. The summed E-state index contributed by atoms with van der Waals surface area (Å²) < 4.78 is 7.72. The minimum atomic E-state index is -0.976. The molecule has 11 rings (SSSR count). The lowest BCUT2D eigenvalue weighted by Crippen LogP contribution is -2.39. The molecule has 0 aromatic heterocycles. The zero-order valence-electron chi connectivity index (χ0n) is 31.7. The van der Waals surface area contributed by atoms with Gasteiger partial charge >= 0.3 is 0 Å². The molecule has 0 radical (unpaired) electrons. The zero-order valence-corrected chi connectivity index (χ0v) is 31.7. The molecule has 1 heterocycles. The van der Waals surface area contributed by atoms with Crippen molar-refractivity contribution in [2.24, 2.45) is 0 Å². The van der Waals surface area contributed by atoms with Gasteiger partial charge in [-0.15, -0.1) is 0 Å². The molecule has 0 amide bonds. The van der Waals surface area contributed by atoms with Gasteiger partial charge in [-0.05, 0) is 96.6 Å². The SMILES string of the molecule is [C-]#[N+]c1cc2c(c3ccccc13)-c1cc3c(cc1C2(C)C)-c1cc2c(cc1C(c1ccccc1)(c1ccccc1)O3)-c1c(cc(C#N)c3ccccc13)C2(C)C. The molecule has 0 fully saturated rings. The molecular formula is C53H36N2O. The summed E-state index contributed by atoms with van der Waals surface area (Å²) in [5, 5.41) is 14.5. The first-order chi connectivity index (χ1) is 27.2. The highest BCUT2D eigenvalue weighted by molar-refractivity contribution is 6.09. The molecule has 0 bridgehead atoms. The Kier molecular flexibility index (Phi) is 6.42. The third-order valence-corrected chi connectivity index (χ3v) is 13.1. The number of nitriles is 1. The standard InChI is InChI=1S/C53H36N2O/c1-51(2)42-25-38-39-26-43-41(50-37-23-15-13-21-35(37)47(55-5)29-46(50)52(43,3)4)28-48(39)56-53(32-16-8-6-9-17-32,33-18-10-7-11-19-33)44(38)27-40(42)49-36-22-14-12-20-34(36)31(30-54)24-45(49)51/h6-29H,1-4H3. The van der Waals surface area contributed by atoms with E-state index < -0.39 is 5.60 Å². The molecule has 0 N–H and O–H groups in total. The van der Waals surface area contributed by atoms with E-state index in [-0.39, 0.29) is 10.8 Å². The van der Waals surface area contributed by atoms with Crippen LogP contribution in [0.3, 0.4) is 0 Å². The van der Waals surface area contributed by atoms with Crippen LogP contribution in [0.25, 0.3) is 59.8 Å². The molecule has 3 aliphatic rings. The van der Waals surface area contributed by atoms with E-state index in [1.165, 1.54) is 38.9 Å². The highest BCUT2D eigenvalue weighted by atomic mass is 16.5. The molecule has 0 unspecified atom stereocenters. The second kappa shape index (κ2) is 11.1. The van der Waals surface area contributed by atoms with Gasteiger partial charge in [-0.2, -0.15) is 5.26 Å². The normalized spacial score (nSPS) is 15.7. The Hall–Kier alpha value is -6.94. The van der Waals surface area contributed by atoms with Gasteiger partial charge in [-0.25, -0.2) is 4.85 Å². The molecule has 264 valence electrons. The number of fused-ring (bicyclic) bond motifs is 13. The smallest absolute Gasteiger partial charge is 0.195 e. The van der Waals surface area contributed by atoms with Crippen LogP contribution in [0.5, 0.6) is 5.75 Å². The fourth-order valence-corrected chi connectivity index (χ4v) is 10.4. The summed E-state index contributed by atoms with van der Waals surface area (Å²) in [6.07, 6.45) is 0. The topological polar surface area (TPSA) is 37.4 Å². The number of hydrogen-bond donors (Lipinski definition) is 0. The van der Waals surface area contributed by atoms with Crippen LogP contribution in [0.15, 0.2) is 146 Å². The van der Waals surface area contributed by atoms with E-state index in [2.05, 4.69) is 172 Å². The van der Waals surface area contributed by atoms with E-state index in [9.17, 15) is 5.26 Å². The van der Waals surface area contributed by atoms with Crippen molar-refractivity contribution in [3.8, 4) is 45.2 Å². The predicted octanol–water partition coefficient (Wildman–Crippen LogP) is 13.4. The van der Waals surface area contributed by atoms with Crippen molar-refractivity contribution in [1.82, 2.24) is 0 Å². The first-order valence-corrected chi connectivity index (χ1v) is 19.3. The van der Waals surface area contributed by atoms with Crippen LogP contribution < -0.4 is 4.74 Å². The molecule has 3 nitrogen and oxygen atoms in total. The Morgan fingerprint density at radius 2 is 0.982 bits per heavy atom. The van der Waals surface area contributed by atoms with Crippen LogP contribution in [0.2, 0.25) is 0 Å². The van der Waals surface area contributed by atoms with Crippen LogP contribution in [0.1, 0.15) is 72.2 Å². The highest BCUT2D eigenvalue weighted by Crippen LogP contribution is 2.61. The summed E-state index contributed by atoms with van der Waals surface area (Å²) >= 11 is 0.